The van der Waals surface area contributed by atoms with Gasteiger partial charge in [-0.05, 0) is 72.9 Å². The summed E-state index contributed by atoms with van der Waals surface area (Å²) in [6.07, 6.45) is 2.03. The molecule has 2 rings (SSSR count). The van der Waals surface area contributed by atoms with E-state index in [4.69, 9.17) is 21.1 Å². The van der Waals surface area contributed by atoms with Crippen molar-refractivity contribution >= 4 is 29.6 Å². The van der Waals surface area contributed by atoms with Crippen LogP contribution in [0.4, 0.5) is 0 Å². The molecule has 1 atom stereocenters. The molecule has 0 spiro atoms. The van der Waals surface area contributed by atoms with Crippen molar-refractivity contribution in [1.82, 2.24) is 10.7 Å². The van der Waals surface area contributed by atoms with Gasteiger partial charge in [0.05, 0.1) is 13.3 Å². The van der Waals surface area contributed by atoms with Crippen molar-refractivity contribution in [2.45, 2.75) is 33.2 Å². The Bertz CT molecular complexity index is 914. The van der Waals surface area contributed by atoms with E-state index in [1.807, 2.05) is 39.0 Å². The fourth-order valence-electron chi connectivity index (χ4n) is 2.78. The highest BCUT2D eigenvalue weighted by atomic mass is 35.5. The van der Waals surface area contributed by atoms with E-state index in [1.165, 1.54) is 0 Å². The molecule has 2 amide bonds. The minimum absolute atomic E-state index is 0.195. The second kappa shape index (κ2) is 12.0. The molecule has 7 nitrogen and oxygen atoms in total. The summed E-state index contributed by atoms with van der Waals surface area (Å²) in [5.74, 6) is 0.672. The van der Waals surface area contributed by atoms with Crippen LogP contribution in [-0.4, -0.2) is 37.8 Å². The molecule has 8 heteroatoms. The molecule has 0 aliphatic carbocycles. The Morgan fingerprint density at radius 3 is 2.42 bits per heavy atom. The van der Waals surface area contributed by atoms with E-state index in [-0.39, 0.29) is 12.5 Å². The van der Waals surface area contributed by atoms with Gasteiger partial charge in [0, 0.05) is 5.02 Å². The molecule has 31 heavy (non-hydrogen) atoms. The van der Waals surface area contributed by atoms with Gasteiger partial charge in [-0.15, -0.1) is 0 Å². The Morgan fingerprint density at radius 1 is 1.13 bits per heavy atom. The van der Waals surface area contributed by atoms with Crippen molar-refractivity contribution in [3.8, 4) is 11.5 Å². The van der Waals surface area contributed by atoms with Gasteiger partial charge in [0.2, 0.25) is 0 Å². The summed E-state index contributed by atoms with van der Waals surface area (Å²) >= 11 is 5.83. The number of hydrazone groups is 1. The number of ether oxygens (including phenoxy) is 2. The predicted octanol–water partition coefficient (Wildman–Crippen LogP) is 3.72. The van der Waals surface area contributed by atoms with E-state index >= 15 is 0 Å². The van der Waals surface area contributed by atoms with Crippen molar-refractivity contribution in [3.05, 3.63) is 58.6 Å². The smallest absolute Gasteiger partial charge is 0.262 e. The zero-order valence-corrected chi connectivity index (χ0v) is 18.9. The SMILES string of the molecule is COc1ccc(/C=N\NC(=O)[C@H](CC(C)C)NC(=O)COc2ccc(Cl)cc2)c(C)c1. The van der Waals surface area contributed by atoms with Gasteiger partial charge >= 0.3 is 0 Å². The molecule has 0 radical (unpaired) electrons. The second-order valence-corrected chi connectivity index (χ2v) is 7.89. The summed E-state index contributed by atoms with van der Waals surface area (Å²) in [5.41, 5.74) is 4.32. The monoisotopic (exact) mass is 445 g/mol. The summed E-state index contributed by atoms with van der Waals surface area (Å²) in [5, 5.41) is 7.33. The van der Waals surface area contributed by atoms with Crippen molar-refractivity contribution in [2.24, 2.45) is 11.0 Å². The molecule has 0 bridgehead atoms. The molecule has 0 aliphatic heterocycles. The molecule has 0 saturated heterocycles. The molecule has 2 aromatic carbocycles. The maximum atomic E-state index is 12.6. The number of rotatable bonds is 10. The van der Waals surface area contributed by atoms with Gasteiger partial charge in [0.25, 0.3) is 11.8 Å². The molecule has 0 aromatic heterocycles. The van der Waals surface area contributed by atoms with Crippen LogP contribution in [0.5, 0.6) is 11.5 Å². The standard InChI is InChI=1S/C23H28ClN3O4/c1-15(2)11-21(26-22(28)14-31-19-9-6-18(24)7-10-19)23(29)27-25-13-17-5-8-20(30-4)12-16(17)3/h5-10,12-13,15,21H,11,14H2,1-4H3,(H,26,28)(H,27,29)/b25-13-/t21-/m0/s1. The zero-order chi connectivity index (χ0) is 22.8. The Morgan fingerprint density at radius 2 is 1.81 bits per heavy atom. The van der Waals surface area contributed by atoms with Gasteiger partial charge < -0.3 is 14.8 Å². The van der Waals surface area contributed by atoms with Gasteiger partial charge in [-0.3, -0.25) is 9.59 Å². The van der Waals surface area contributed by atoms with Crippen molar-refractivity contribution in [1.29, 1.82) is 0 Å². The predicted molar refractivity (Wildman–Crippen MR) is 122 cm³/mol. The molecule has 0 fully saturated rings. The number of carbonyl (C=O) groups is 2. The largest absolute Gasteiger partial charge is 0.497 e. The topological polar surface area (TPSA) is 89.0 Å². The Balaban J connectivity index is 1.93. The van der Waals surface area contributed by atoms with Crippen LogP contribution in [0.25, 0.3) is 0 Å². The minimum atomic E-state index is -0.726. The van der Waals surface area contributed by atoms with Crippen molar-refractivity contribution in [2.75, 3.05) is 13.7 Å². The number of nitrogens with one attached hydrogen (secondary N) is 2. The first kappa shape index (κ1) is 24.2. The maximum absolute atomic E-state index is 12.6. The fraction of sp³-hybridized carbons (Fsp3) is 0.348. The van der Waals surface area contributed by atoms with E-state index in [0.717, 1.165) is 16.9 Å². The van der Waals surface area contributed by atoms with Crippen molar-refractivity contribution in [3.63, 3.8) is 0 Å². The Labute approximate surface area is 187 Å². The molecule has 0 unspecified atom stereocenters. The molecule has 0 aliphatic rings. The summed E-state index contributed by atoms with van der Waals surface area (Å²) in [7, 11) is 1.60. The quantitative estimate of drug-likeness (QED) is 0.431. The molecule has 2 N–H and O–H groups in total. The highest BCUT2D eigenvalue weighted by Gasteiger charge is 2.22. The van der Waals surface area contributed by atoms with Crippen LogP contribution in [-0.2, 0) is 9.59 Å². The van der Waals surface area contributed by atoms with Crippen LogP contribution in [0.15, 0.2) is 47.6 Å². The summed E-state index contributed by atoms with van der Waals surface area (Å²) in [6.45, 7) is 5.66. The number of halogens is 1. The van der Waals surface area contributed by atoms with E-state index in [2.05, 4.69) is 15.8 Å². The summed E-state index contributed by atoms with van der Waals surface area (Å²) in [4.78, 5) is 24.9. The first-order chi connectivity index (χ1) is 14.8. The Kier molecular flexibility index (Phi) is 9.34. The number of benzene rings is 2. The van der Waals surface area contributed by atoms with E-state index in [9.17, 15) is 9.59 Å². The zero-order valence-electron chi connectivity index (χ0n) is 18.1. The van der Waals surface area contributed by atoms with Gasteiger partial charge in [0.15, 0.2) is 6.61 Å². The fourth-order valence-corrected chi connectivity index (χ4v) is 2.91. The average molecular weight is 446 g/mol. The molecule has 2 aromatic rings. The van der Waals surface area contributed by atoms with Crippen LogP contribution in [0.2, 0.25) is 5.02 Å². The van der Waals surface area contributed by atoms with Crippen LogP contribution < -0.4 is 20.2 Å². The maximum Gasteiger partial charge on any atom is 0.262 e. The van der Waals surface area contributed by atoms with E-state index in [0.29, 0.717) is 17.2 Å². The first-order valence-electron chi connectivity index (χ1n) is 9.93. The van der Waals surface area contributed by atoms with Crippen LogP contribution in [0.3, 0.4) is 0 Å². The van der Waals surface area contributed by atoms with Crippen LogP contribution in [0.1, 0.15) is 31.4 Å². The minimum Gasteiger partial charge on any atom is -0.497 e. The number of methoxy groups -OCH3 is 1. The summed E-state index contributed by atoms with van der Waals surface area (Å²) < 4.78 is 10.6. The van der Waals surface area contributed by atoms with Crippen LogP contribution in [0, 0.1) is 12.8 Å². The van der Waals surface area contributed by atoms with Crippen LogP contribution >= 0.6 is 11.6 Å². The Hall–Kier alpha value is -3.06. The number of nitrogens with zero attached hydrogens (tertiary/aromatic N) is 1. The molecular formula is C23H28ClN3O4. The third kappa shape index (κ3) is 8.30. The molecule has 0 heterocycles. The highest BCUT2D eigenvalue weighted by Crippen LogP contribution is 2.16. The first-order valence-corrected chi connectivity index (χ1v) is 10.3. The van der Waals surface area contributed by atoms with E-state index in [1.54, 1.807) is 37.6 Å². The lowest BCUT2D eigenvalue weighted by atomic mass is 10.0. The van der Waals surface area contributed by atoms with E-state index < -0.39 is 17.9 Å². The lowest BCUT2D eigenvalue weighted by molar-refractivity contribution is -0.130. The number of hydrogen-bond acceptors (Lipinski definition) is 5. The number of aryl methyl sites for hydroxylation is 1. The third-order valence-electron chi connectivity index (χ3n) is 4.40. The molecule has 166 valence electrons. The van der Waals surface area contributed by atoms with Gasteiger partial charge in [0.1, 0.15) is 17.5 Å². The number of carbonyl (C=O) groups excluding carboxylic acids is 2. The second-order valence-electron chi connectivity index (χ2n) is 7.45. The third-order valence-corrected chi connectivity index (χ3v) is 4.65. The number of amides is 2. The number of hydrogen-bond donors (Lipinski definition) is 2. The van der Waals surface area contributed by atoms with Crippen molar-refractivity contribution < 1.29 is 19.1 Å². The lowest BCUT2D eigenvalue weighted by Gasteiger charge is -2.19. The van der Waals surface area contributed by atoms with Gasteiger partial charge in [-0.1, -0.05) is 25.4 Å². The van der Waals surface area contributed by atoms with Gasteiger partial charge in [-0.2, -0.15) is 5.10 Å². The molecule has 0 saturated carbocycles. The lowest BCUT2D eigenvalue weighted by Crippen LogP contribution is -2.47. The van der Waals surface area contributed by atoms with Gasteiger partial charge in [-0.25, -0.2) is 5.43 Å². The normalized spacial score (nSPS) is 11.9. The summed E-state index contributed by atoms with van der Waals surface area (Å²) in [6, 6.07) is 11.5. The highest BCUT2D eigenvalue weighted by molar-refractivity contribution is 6.30. The average Bonchev–Trinajstić information content (AvgIpc) is 2.73. The molecular weight excluding hydrogens is 418 g/mol.